The summed E-state index contributed by atoms with van der Waals surface area (Å²) in [6, 6.07) is 3.82. The van der Waals surface area contributed by atoms with Crippen molar-refractivity contribution in [1.82, 2.24) is 10.2 Å². The molecule has 15 heavy (non-hydrogen) atoms. The molecule has 0 atom stereocenters. The van der Waals surface area contributed by atoms with Crippen LogP contribution in [0.25, 0.3) is 0 Å². The fourth-order valence-corrected chi connectivity index (χ4v) is 2.52. The summed E-state index contributed by atoms with van der Waals surface area (Å²) < 4.78 is 0. The highest BCUT2D eigenvalue weighted by Crippen LogP contribution is 2.39. The molecule has 82 valence electrons. The van der Waals surface area contributed by atoms with E-state index in [9.17, 15) is 0 Å². The van der Waals surface area contributed by atoms with E-state index in [1.54, 1.807) is 6.20 Å². The van der Waals surface area contributed by atoms with Crippen molar-refractivity contribution >= 4 is 17.4 Å². The van der Waals surface area contributed by atoms with Crippen molar-refractivity contribution in [3.63, 3.8) is 0 Å². The number of halogens is 1. The SMILES string of the molecule is ClCC1(CNc2cccnn2)CCCC1. The molecule has 0 saturated heterocycles. The van der Waals surface area contributed by atoms with E-state index in [0.717, 1.165) is 18.2 Å². The quantitative estimate of drug-likeness (QED) is 0.801. The topological polar surface area (TPSA) is 37.8 Å². The third kappa shape index (κ3) is 2.59. The van der Waals surface area contributed by atoms with Crippen LogP contribution in [0, 0.1) is 5.41 Å². The molecule has 1 saturated carbocycles. The molecule has 0 unspecified atom stereocenters. The van der Waals surface area contributed by atoms with Gasteiger partial charge >= 0.3 is 0 Å². The molecule has 1 aliphatic rings. The van der Waals surface area contributed by atoms with Crippen molar-refractivity contribution in [3.05, 3.63) is 18.3 Å². The molecular weight excluding hydrogens is 210 g/mol. The number of anilines is 1. The Morgan fingerprint density at radius 1 is 1.40 bits per heavy atom. The van der Waals surface area contributed by atoms with Crippen LogP contribution in [0.15, 0.2) is 18.3 Å². The van der Waals surface area contributed by atoms with Gasteiger partial charge in [-0.25, -0.2) is 0 Å². The fraction of sp³-hybridized carbons (Fsp3) is 0.636. The summed E-state index contributed by atoms with van der Waals surface area (Å²) in [5.74, 6) is 1.58. The Labute approximate surface area is 95.2 Å². The maximum absolute atomic E-state index is 6.05. The van der Waals surface area contributed by atoms with E-state index in [2.05, 4.69) is 15.5 Å². The lowest BCUT2D eigenvalue weighted by molar-refractivity contribution is 0.368. The van der Waals surface area contributed by atoms with Crippen molar-refractivity contribution in [2.24, 2.45) is 5.41 Å². The number of rotatable bonds is 4. The van der Waals surface area contributed by atoms with Crippen molar-refractivity contribution < 1.29 is 0 Å². The molecule has 0 bridgehead atoms. The van der Waals surface area contributed by atoms with Gasteiger partial charge in [-0.05, 0) is 25.0 Å². The minimum atomic E-state index is 0.277. The molecule has 1 N–H and O–H groups in total. The third-order valence-corrected chi connectivity index (χ3v) is 3.73. The van der Waals surface area contributed by atoms with Gasteiger partial charge < -0.3 is 5.32 Å². The van der Waals surface area contributed by atoms with Gasteiger partial charge in [-0.2, -0.15) is 5.10 Å². The Morgan fingerprint density at radius 3 is 2.80 bits per heavy atom. The van der Waals surface area contributed by atoms with E-state index >= 15 is 0 Å². The molecule has 4 heteroatoms. The van der Waals surface area contributed by atoms with Crippen LogP contribution in [0.5, 0.6) is 0 Å². The van der Waals surface area contributed by atoms with Crippen LogP contribution in [-0.4, -0.2) is 22.6 Å². The normalized spacial score (nSPS) is 19.0. The number of nitrogens with one attached hydrogen (secondary N) is 1. The maximum atomic E-state index is 6.05. The first kappa shape index (κ1) is 10.7. The first-order valence-electron chi connectivity index (χ1n) is 5.42. The van der Waals surface area contributed by atoms with Gasteiger partial charge in [-0.1, -0.05) is 12.8 Å². The highest BCUT2D eigenvalue weighted by Gasteiger charge is 2.32. The zero-order chi connectivity index (χ0) is 10.6. The second-order valence-corrected chi connectivity index (χ2v) is 4.57. The van der Waals surface area contributed by atoms with Crippen molar-refractivity contribution in [1.29, 1.82) is 0 Å². The number of aromatic nitrogens is 2. The summed E-state index contributed by atoms with van der Waals surface area (Å²) in [6.45, 7) is 0.912. The van der Waals surface area contributed by atoms with Gasteiger partial charge in [0, 0.05) is 24.0 Å². The molecule has 0 aliphatic heterocycles. The molecule has 0 aromatic carbocycles. The maximum Gasteiger partial charge on any atom is 0.148 e. The molecule has 3 nitrogen and oxygen atoms in total. The van der Waals surface area contributed by atoms with Gasteiger partial charge in [0.05, 0.1) is 0 Å². The lowest BCUT2D eigenvalue weighted by Crippen LogP contribution is -2.28. The Kier molecular flexibility index (Phi) is 3.41. The van der Waals surface area contributed by atoms with E-state index in [1.165, 1.54) is 25.7 Å². The van der Waals surface area contributed by atoms with Gasteiger partial charge in [0.25, 0.3) is 0 Å². The first-order valence-corrected chi connectivity index (χ1v) is 5.96. The molecule has 1 aliphatic carbocycles. The summed E-state index contributed by atoms with van der Waals surface area (Å²) >= 11 is 6.05. The number of alkyl halides is 1. The molecule has 1 aromatic rings. The van der Waals surface area contributed by atoms with Gasteiger partial charge in [-0.3, -0.25) is 0 Å². The molecule has 1 aromatic heterocycles. The highest BCUT2D eigenvalue weighted by atomic mass is 35.5. The highest BCUT2D eigenvalue weighted by molar-refractivity contribution is 6.18. The predicted octanol–water partition coefficient (Wildman–Crippen LogP) is 2.69. The second-order valence-electron chi connectivity index (χ2n) is 4.30. The van der Waals surface area contributed by atoms with Crippen molar-refractivity contribution in [2.75, 3.05) is 17.7 Å². The van der Waals surface area contributed by atoms with Crippen molar-refractivity contribution in [2.45, 2.75) is 25.7 Å². The predicted molar refractivity (Wildman–Crippen MR) is 62.1 cm³/mol. The molecule has 1 fully saturated rings. The van der Waals surface area contributed by atoms with E-state index in [4.69, 9.17) is 11.6 Å². The van der Waals surface area contributed by atoms with Gasteiger partial charge in [-0.15, -0.1) is 16.7 Å². The molecule has 0 radical (unpaired) electrons. The number of hydrogen-bond acceptors (Lipinski definition) is 3. The van der Waals surface area contributed by atoms with E-state index in [0.29, 0.717) is 0 Å². The molecular formula is C11H16ClN3. The van der Waals surface area contributed by atoms with Crippen LogP contribution >= 0.6 is 11.6 Å². The molecule has 0 spiro atoms. The van der Waals surface area contributed by atoms with Gasteiger partial charge in [0.1, 0.15) is 5.82 Å². The zero-order valence-electron chi connectivity index (χ0n) is 8.75. The summed E-state index contributed by atoms with van der Waals surface area (Å²) in [7, 11) is 0. The largest absolute Gasteiger partial charge is 0.368 e. The number of hydrogen-bond donors (Lipinski definition) is 1. The van der Waals surface area contributed by atoms with Crippen molar-refractivity contribution in [3.8, 4) is 0 Å². The Balaban J connectivity index is 1.92. The minimum Gasteiger partial charge on any atom is -0.368 e. The van der Waals surface area contributed by atoms with Crippen LogP contribution in [0.2, 0.25) is 0 Å². The second kappa shape index (κ2) is 4.79. The Hall–Kier alpha value is -0.830. The van der Waals surface area contributed by atoms with E-state index in [-0.39, 0.29) is 5.41 Å². The molecule has 1 heterocycles. The van der Waals surface area contributed by atoms with Crippen LogP contribution in [0.1, 0.15) is 25.7 Å². The summed E-state index contributed by atoms with van der Waals surface area (Å²) in [5.41, 5.74) is 0.277. The molecule has 2 rings (SSSR count). The smallest absolute Gasteiger partial charge is 0.148 e. The van der Waals surface area contributed by atoms with E-state index < -0.39 is 0 Å². The van der Waals surface area contributed by atoms with Gasteiger partial charge in [0.2, 0.25) is 0 Å². The zero-order valence-corrected chi connectivity index (χ0v) is 9.50. The minimum absolute atomic E-state index is 0.277. The molecule has 0 amide bonds. The average molecular weight is 226 g/mol. The fourth-order valence-electron chi connectivity index (χ4n) is 2.16. The van der Waals surface area contributed by atoms with Crippen LogP contribution in [-0.2, 0) is 0 Å². The average Bonchev–Trinajstić information content (AvgIpc) is 2.77. The summed E-state index contributed by atoms with van der Waals surface area (Å²) in [4.78, 5) is 0. The monoisotopic (exact) mass is 225 g/mol. The standard InChI is InChI=1S/C11H16ClN3/c12-8-11(5-1-2-6-11)9-13-10-4-3-7-14-15-10/h3-4,7H,1-2,5-6,8-9H2,(H,13,15). The van der Waals surface area contributed by atoms with Crippen LogP contribution < -0.4 is 5.32 Å². The summed E-state index contributed by atoms with van der Waals surface area (Å²) in [6.07, 6.45) is 6.73. The van der Waals surface area contributed by atoms with Crippen LogP contribution in [0.3, 0.4) is 0 Å². The van der Waals surface area contributed by atoms with Gasteiger partial charge in [0.15, 0.2) is 0 Å². The Bertz CT molecular complexity index is 296. The third-order valence-electron chi connectivity index (χ3n) is 3.16. The lowest BCUT2D eigenvalue weighted by Gasteiger charge is -2.26. The first-order chi connectivity index (χ1) is 7.35. The summed E-state index contributed by atoms with van der Waals surface area (Å²) in [5, 5.41) is 11.2. The Morgan fingerprint density at radius 2 is 2.20 bits per heavy atom. The number of nitrogens with zero attached hydrogens (tertiary/aromatic N) is 2. The lowest BCUT2D eigenvalue weighted by atomic mass is 9.88. The van der Waals surface area contributed by atoms with Crippen LogP contribution in [0.4, 0.5) is 5.82 Å². The van der Waals surface area contributed by atoms with E-state index in [1.807, 2.05) is 12.1 Å².